The first-order chi connectivity index (χ1) is 9.29. The number of unbranched alkanes of at least 4 members (excludes halogenated alkanes) is 4. The third kappa shape index (κ3) is 5.23. The van der Waals surface area contributed by atoms with Crippen LogP contribution in [0, 0.1) is 0 Å². The second kappa shape index (κ2) is 7.54. The van der Waals surface area contributed by atoms with E-state index < -0.39 is 0 Å². The first-order valence-corrected chi connectivity index (χ1v) is 7.82. The summed E-state index contributed by atoms with van der Waals surface area (Å²) < 4.78 is 5.74. The molecule has 1 atom stereocenters. The maximum Gasteiger partial charge on any atom is 0.119 e. The molecule has 0 saturated heterocycles. The topological polar surface area (TPSA) is 35.2 Å². The van der Waals surface area contributed by atoms with E-state index in [1.165, 1.54) is 50.5 Å². The largest absolute Gasteiger partial charge is 0.490 e. The summed E-state index contributed by atoms with van der Waals surface area (Å²) in [5.74, 6) is 0.987. The van der Waals surface area contributed by atoms with Gasteiger partial charge in [-0.2, -0.15) is 0 Å². The Labute approximate surface area is 117 Å². The first kappa shape index (κ1) is 14.4. The molecule has 0 amide bonds. The molecule has 1 saturated carbocycles. The van der Waals surface area contributed by atoms with Gasteiger partial charge in [0.1, 0.15) is 5.75 Å². The molecule has 0 bridgehead atoms. The number of hydrogen-bond acceptors (Lipinski definition) is 2. The van der Waals surface area contributed by atoms with Crippen LogP contribution in [0.5, 0.6) is 5.75 Å². The highest BCUT2D eigenvalue weighted by molar-refractivity contribution is 5.29. The number of nitrogens with two attached hydrogens (primary N) is 1. The minimum atomic E-state index is 0.177. The Morgan fingerprint density at radius 2 is 1.79 bits per heavy atom. The van der Waals surface area contributed by atoms with Crippen LogP contribution >= 0.6 is 0 Å². The minimum absolute atomic E-state index is 0.177. The van der Waals surface area contributed by atoms with Crippen molar-refractivity contribution in [3.05, 3.63) is 29.8 Å². The smallest absolute Gasteiger partial charge is 0.119 e. The number of rotatable bonds is 9. The standard InChI is InChI=1S/C17H27NO/c1-2-3-4-5-6-7-17(18)14-8-10-15(11-9-14)19-16-12-13-16/h8-11,16-17H,2-7,12-13,18H2,1H3. The Morgan fingerprint density at radius 3 is 2.42 bits per heavy atom. The van der Waals surface area contributed by atoms with Gasteiger partial charge < -0.3 is 10.5 Å². The van der Waals surface area contributed by atoms with Gasteiger partial charge in [-0.3, -0.25) is 0 Å². The molecule has 1 aliphatic carbocycles. The van der Waals surface area contributed by atoms with Gasteiger partial charge in [-0.25, -0.2) is 0 Å². The summed E-state index contributed by atoms with van der Waals surface area (Å²) in [6.07, 6.45) is 10.5. The molecule has 0 spiro atoms. The third-order valence-electron chi connectivity index (χ3n) is 3.75. The predicted octanol–water partition coefficient (Wildman–Crippen LogP) is 4.59. The summed E-state index contributed by atoms with van der Waals surface area (Å²) in [7, 11) is 0. The number of hydrogen-bond donors (Lipinski definition) is 1. The lowest BCUT2D eigenvalue weighted by atomic mass is 10.0. The molecule has 1 fully saturated rings. The van der Waals surface area contributed by atoms with Crippen LogP contribution in [0.4, 0.5) is 0 Å². The Kier molecular flexibility index (Phi) is 5.71. The molecule has 0 heterocycles. The fourth-order valence-electron chi connectivity index (χ4n) is 2.31. The normalized spacial score (nSPS) is 16.3. The third-order valence-corrected chi connectivity index (χ3v) is 3.75. The fourth-order valence-corrected chi connectivity index (χ4v) is 2.31. The highest BCUT2D eigenvalue weighted by atomic mass is 16.5. The molecule has 2 nitrogen and oxygen atoms in total. The van der Waals surface area contributed by atoms with Gasteiger partial charge in [-0.15, -0.1) is 0 Å². The zero-order valence-corrected chi connectivity index (χ0v) is 12.1. The van der Waals surface area contributed by atoms with Crippen LogP contribution in [0.15, 0.2) is 24.3 Å². The zero-order chi connectivity index (χ0) is 13.5. The van der Waals surface area contributed by atoms with Crippen molar-refractivity contribution >= 4 is 0 Å². The van der Waals surface area contributed by atoms with Gasteiger partial charge in [0.2, 0.25) is 0 Å². The Bertz CT molecular complexity index is 356. The molecule has 2 N–H and O–H groups in total. The summed E-state index contributed by atoms with van der Waals surface area (Å²) in [4.78, 5) is 0. The molecule has 1 unspecified atom stereocenters. The van der Waals surface area contributed by atoms with Crippen LogP contribution in [-0.2, 0) is 0 Å². The van der Waals surface area contributed by atoms with Crippen molar-refractivity contribution < 1.29 is 4.74 Å². The number of benzene rings is 1. The second-order valence-electron chi connectivity index (χ2n) is 5.70. The maximum atomic E-state index is 6.23. The van der Waals surface area contributed by atoms with Gasteiger partial charge in [-0.05, 0) is 37.0 Å². The van der Waals surface area contributed by atoms with Gasteiger partial charge in [0.25, 0.3) is 0 Å². The molecule has 19 heavy (non-hydrogen) atoms. The molecule has 0 aromatic heterocycles. The number of ether oxygens (including phenoxy) is 1. The Morgan fingerprint density at radius 1 is 1.11 bits per heavy atom. The molecule has 0 aliphatic heterocycles. The molecular weight excluding hydrogens is 234 g/mol. The van der Waals surface area contributed by atoms with E-state index in [9.17, 15) is 0 Å². The highest BCUT2D eigenvalue weighted by Gasteiger charge is 2.23. The van der Waals surface area contributed by atoms with E-state index in [-0.39, 0.29) is 6.04 Å². The van der Waals surface area contributed by atoms with Crippen molar-refractivity contribution in [2.24, 2.45) is 5.73 Å². The molecule has 106 valence electrons. The van der Waals surface area contributed by atoms with Gasteiger partial charge in [0.05, 0.1) is 6.10 Å². The van der Waals surface area contributed by atoms with E-state index in [0.29, 0.717) is 6.10 Å². The van der Waals surface area contributed by atoms with Crippen molar-refractivity contribution in [3.8, 4) is 5.75 Å². The molecule has 1 aromatic carbocycles. The lowest BCUT2D eigenvalue weighted by Gasteiger charge is -2.13. The van der Waals surface area contributed by atoms with Crippen LogP contribution in [-0.4, -0.2) is 6.10 Å². The van der Waals surface area contributed by atoms with E-state index in [2.05, 4.69) is 31.2 Å². The first-order valence-electron chi connectivity index (χ1n) is 7.82. The van der Waals surface area contributed by atoms with Crippen molar-refractivity contribution in [3.63, 3.8) is 0 Å². The summed E-state index contributed by atoms with van der Waals surface area (Å²) in [5, 5.41) is 0. The van der Waals surface area contributed by atoms with Gasteiger partial charge in [-0.1, -0.05) is 51.2 Å². The SMILES string of the molecule is CCCCCCCC(N)c1ccc(OC2CC2)cc1. The summed E-state index contributed by atoms with van der Waals surface area (Å²) in [5.41, 5.74) is 7.47. The molecule has 2 rings (SSSR count). The van der Waals surface area contributed by atoms with Crippen molar-refractivity contribution in [1.82, 2.24) is 0 Å². The van der Waals surface area contributed by atoms with Crippen LogP contribution in [0.3, 0.4) is 0 Å². The highest BCUT2D eigenvalue weighted by Crippen LogP contribution is 2.27. The molecule has 1 aromatic rings. The van der Waals surface area contributed by atoms with E-state index in [4.69, 9.17) is 10.5 Å². The van der Waals surface area contributed by atoms with Crippen molar-refractivity contribution in [2.45, 2.75) is 70.4 Å². The zero-order valence-electron chi connectivity index (χ0n) is 12.1. The lowest BCUT2D eigenvalue weighted by molar-refractivity contribution is 0.303. The summed E-state index contributed by atoms with van der Waals surface area (Å²) in [6.45, 7) is 2.25. The van der Waals surface area contributed by atoms with Crippen LogP contribution in [0.25, 0.3) is 0 Å². The van der Waals surface area contributed by atoms with Gasteiger partial charge in [0.15, 0.2) is 0 Å². The molecule has 1 aliphatic rings. The second-order valence-corrected chi connectivity index (χ2v) is 5.70. The fraction of sp³-hybridized carbons (Fsp3) is 0.647. The summed E-state index contributed by atoms with van der Waals surface area (Å²) in [6, 6.07) is 8.54. The van der Waals surface area contributed by atoms with Crippen molar-refractivity contribution in [1.29, 1.82) is 0 Å². The van der Waals surface area contributed by atoms with Gasteiger partial charge in [0, 0.05) is 6.04 Å². The maximum absolute atomic E-state index is 6.23. The molecule has 0 radical (unpaired) electrons. The summed E-state index contributed by atoms with van der Waals surface area (Å²) >= 11 is 0. The van der Waals surface area contributed by atoms with Crippen molar-refractivity contribution in [2.75, 3.05) is 0 Å². The van der Waals surface area contributed by atoms with E-state index in [0.717, 1.165) is 12.2 Å². The molecule has 2 heteroatoms. The predicted molar refractivity (Wildman–Crippen MR) is 80.4 cm³/mol. The van der Waals surface area contributed by atoms with E-state index in [1.807, 2.05) is 0 Å². The average molecular weight is 261 g/mol. The van der Waals surface area contributed by atoms with E-state index in [1.54, 1.807) is 0 Å². The van der Waals surface area contributed by atoms with Gasteiger partial charge >= 0.3 is 0 Å². The van der Waals surface area contributed by atoms with Crippen LogP contribution in [0.1, 0.15) is 69.9 Å². The van der Waals surface area contributed by atoms with E-state index >= 15 is 0 Å². The quantitative estimate of drug-likeness (QED) is 0.660. The molecular formula is C17H27NO. The van der Waals surface area contributed by atoms with Crippen LogP contribution in [0.2, 0.25) is 0 Å². The van der Waals surface area contributed by atoms with Crippen LogP contribution < -0.4 is 10.5 Å². The average Bonchev–Trinajstić information content (AvgIpc) is 3.23. The lowest BCUT2D eigenvalue weighted by Crippen LogP contribution is -2.10. The monoisotopic (exact) mass is 261 g/mol. The minimum Gasteiger partial charge on any atom is -0.490 e. The Balaban J connectivity index is 1.70. The Hall–Kier alpha value is -1.02.